The molecule has 1 fully saturated rings. The van der Waals surface area contributed by atoms with Gasteiger partial charge in [-0.15, -0.1) is 0 Å². The van der Waals surface area contributed by atoms with E-state index in [1.165, 1.54) is 12.1 Å². The first-order valence-electron chi connectivity index (χ1n) is 10.2. The van der Waals surface area contributed by atoms with Gasteiger partial charge in [0, 0.05) is 10.2 Å². The van der Waals surface area contributed by atoms with Crippen molar-refractivity contribution < 1.29 is 23.9 Å². The van der Waals surface area contributed by atoms with Crippen LogP contribution in [0.3, 0.4) is 0 Å². The van der Waals surface area contributed by atoms with Crippen LogP contribution in [0.2, 0.25) is 0 Å². The fraction of sp³-hybridized carbons (Fsp3) is 0.250. The predicted molar refractivity (Wildman–Crippen MR) is 122 cm³/mol. The first-order chi connectivity index (χ1) is 15.3. The number of nitrogens with zero attached hydrogens (tertiary/aromatic N) is 1. The minimum atomic E-state index is -0.715. The van der Waals surface area contributed by atoms with E-state index in [0.717, 1.165) is 14.9 Å². The molecule has 1 heterocycles. The van der Waals surface area contributed by atoms with E-state index < -0.39 is 18.5 Å². The summed E-state index contributed by atoms with van der Waals surface area (Å²) in [6, 6.07) is 11.6. The number of carbonyl (C=O) groups is 4. The fourth-order valence-electron chi connectivity index (χ4n) is 3.99. The van der Waals surface area contributed by atoms with E-state index in [1.54, 1.807) is 24.3 Å². The van der Waals surface area contributed by atoms with E-state index in [9.17, 15) is 19.2 Å². The molecule has 8 heteroatoms. The predicted octanol–water partition coefficient (Wildman–Crippen LogP) is 4.01. The minimum absolute atomic E-state index is 0.156. The Hall–Kier alpha value is -3.26. The van der Waals surface area contributed by atoms with Crippen LogP contribution in [-0.4, -0.2) is 30.3 Å². The number of halogens is 1. The number of carbonyl (C=O) groups excluding carboxylic acids is 4. The second-order valence-corrected chi connectivity index (χ2v) is 8.72. The zero-order valence-corrected chi connectivity index (χ0v) is 18.9. The number of anilines is 2. The van der Waals surface area contributed by atoms with Gasteiger partial charge >= 0.3 is 5.97 Å². The summed E-state index contributed by atoms with van der Waals surface area (Å²) in [6.07, 6.45) is 4.93. The Labute approximate surface area is 193 Å². The highest BCUT2D eigenvalue weighted by Gasteiger charge is 2.47. The normalized spacial score (nSPS) is 19.6. The molecule has 2 atom stereocenters. The Bertz CT molecular complexity index is 1120. The van der Waals surface area contributed by atoms with Crippen LogP contribution in [0.25, 0.3) is 0 Å². The van der Waals surface area contributed by atoms with Crippen LogP contribution in [0.4, 0.5) is 11.4 Å². The zero-order valence-electron chi connectivity index (χ0n) is 17.3. The summed E-state index contributed by atoms with van der Waals surface area (Å²) >= 11 is 3.36. The van der Waals surface area contributed by atoms with Gasteiger partial charge in [-0.05, 0) is 61.7 Å². The van der Waals surface area contributed by atoms with Crippen molar-refractivity contribution in [3.05, 3.63) is 70.2 Å². The number of nitrogens with one attached hydrogen (secondary N) is 1. The Balaban J connectivity index is 1.41. The number of hydrogen-bond acceptors (Lipinski definition) is 5. The standard InChI is InChI=1S/C24H21BrN2O5/c1-14-11-16(25)9-10-20(14)26-21(28)13-32-24(31)15-5-4-6-17(12-15)27-22(29)18-7-2-3-8-19(18)23(27)30/h2-6,9-12,18-19H,7-8,13H2,1H3,(H,26,28)/t18-,19-/m1/s1. The van der Waals surface area contributed by atoms with E-state index in [1.807, 2.05) is 25.1 Å². The lowest BCUT2D eigenvalue weighted by atomic mass is 9.85. The molecule has 0 aromatic heterocycles. The zero-order chi connectivity index (χ0) is 22.8. The summed E-state index contributed by atoms with van der Waals surface area (Å²) in [6.45, 7) is 1.39. The van der Waals surface area contributed by atoms with Crippen molar-refractivity contribution in [1.29, 1.82) is 0 Å². The van der Waals surface area contributed by atoms with Crippen molar-refractivity contribution in [3.63, 3.8) is 0 Å². The van der Waals surface area contributed by atoms with Crippen molar-refractivity contribution in [2.24, 2.45) is 11.8 Å². The van der Waals surface area contributed by atoms with Crippen LogP contribution < -0.4 is 10.2 Å². The van der Waals surface area contributed by atoms with E-state index in [4.69, 9.17) is 4.74 Å². The first-order valence-corrected chi connectivity index (χ1v) is 11.0. The maximum atomic E-state index is 12.8. The number of ether oxygens (including phenoxy) is 1. The molecular formula is C24H21BrN2O5. The Morgan fingerprint density at radius 3 is 2.41 bits per heavy atom. The molecule has 0 unspecified atom stereocenters. The van der Waals surface area contributed by atoms with Gasteiger partial charge in [-0.25, -0.2) is 4.79 Å². The first kappa shape index (κ1) is 22.0. The van der Waals surface area contributed by atoms with Crippen LogP contribution in [0.1, 0.15) is 28.8 Å². The number of aryl methyl sites for hydroxylation is 1. The molecule has 2 aromatic carbocycles. The third-order valence-electron chi connectivity index (χ3n) is 5.64. The van der Waals surface area contributed by atoms with E-state index in [2.05, 4.69) is 21.2 Å². The summed E-state index contributed by atoms with van der Waals surface area (Å²) in [4.78, 5) is 51.4. The molecule has 164 valence electrons. The number of imide groups is 1. The van der Waals surface area contributed by atoms with Crippen LogP contribution >= 0.6 is 15.9 Å². The van der Waals surface area contributed by atoms with Gasteiger partial charge in [0.1, 0.15) is 0 Å². The van der Waals surface area contributed by atoms with Gasteiger partial charge in [0.15, 0.2) is 6.61 Å². The average Bonchev–Trinajstić information content (AvgIpc) is 3.04. The second kappa shape index (κ2) is 9.08. The van der Waals surface area contributed by atoms with Gasteiger partial charge in [0.05, 0.1) is 23.1 Å². The molecule has 1 N–H and O–H groups in total. The Morgan fingerprint density at radius 1 is 1.06 bits per heavy atom. The summed E-state index contributed by atoms with van der Waals surface area (Å²) in [5, 5.41) is 2.70. The molecule has 2 aromatic rings. The number of benzene rings is 2. The van der Waals surface area contributed by atoms with E-state index in [0.29, 0.717) is 24.2 Å². The Morgan fingerprint density at radius 2 is 1.75 bits per heavy atom. The van der Waals surface area contributed by atoms with Crippen molar-refractivity contribution in [3.8, 4) is 0 Å². The number of allylic oxidation sites excluding steroid dienone is 2. The SMILES string of the molecule is Cc1cc(Br)ccc1NC(=O)COC(=O)c1cccc(N2C(=O)[C@@H]3CC=CC[C@H]3C2=O)c1. The maximum absolute atomic E-state index is 12.8. The summed E-state index contributed by atoms with van der Waals surface area (Å²) in [5.74, 6) is -2.39. The lowest BCUT2D eigenvalue weighted by Crippen LogP contribution is -2.31. The van der Waals surface area contributed by atoms with Gasteiger partial charge in [-0.2, -0.15) is 0 Å². The largest absolute Gasteiger partial charge is 0.452 e. The topological polar surface area (TPSA) is 92.8 Å². The summed E-state index contributed by atoms with van der Waals surface area (Å²) < 4.78 is 6.03. The van der Waals surface area contributed by atoms with E-state index in [-0.39, 0.29) is 29.2 Å². The minimum Gasteiger partial charge on any atom is -0.452 e. The third kappa shape index (κ3) is 4.36. The highest BCUT2D eigenvalue weighted by molar-refractivity contribution is 9.10. The molecule has 7 nitrogen and oxygen atoms in total. The smallest absolute Gasteiger partial charge is 0.338 e. The van der Waals surface area contributed by atoms with Crippen molar-refractivity contribution in [1.82, 2.24) is 0 Å². The van der Waals surface area contributed by atoms with Crippen molar-refractivity contribution >= 4 is 51.0 Å². The molecule has 1 saturated heterocycles. The molecule has 3 amide bonds. The summed E-state index contributed by atoms with van der Waals surface area (Å²) in [5.41, 5.74) is 1.98. The van der Waals surface area contributed by atoms with Crippen LogP contribution in [0.15, 0.2) is 59.1 Å². The molecule has 0 radical (unpaired) electrons. The average molecular weight is 497 g/mol. The van der Waals surface area contributed by atoms with Crippen LogP contribution in [0, 0.1) is 18.8 Å². The van der Waals surface area contributed by atoms with Gasteiger partial charge in [-0.1, -0.05) is 34.1 Å². The molecule has 2 aliphatic rings. The molecule has 0 bridgehead atoms. The Kier molecular flexibility index (Phi) is 6.23. The highest BCUT2D eigenvalue weighted by Crippen LogP contribution is 2.37. The van der Waals surface area contributed by atoms with Gasteiger partial charge in [0.25, 0.3) is 5.91 Å². The highest BCUT2D eigenvalue weighted by atomic mass is 79.9. The maximum Gasteiger partial charge on any atom is 0.338 e. The molecule has 1 aliphatic carbocycles. The molecule has 0 saturated carbocycles. The second-order valence-electron chi connectivity index (χ2n) is 7.80. The van der Waals surface area contributed by atoms with Crippen LogP contribution in [0.5, 0.6) is 0 Å². The quantitative estimate of drug-likeness (QED) is 0.383. The molecule has 32 heavy (non-hydrogen) atoms. The third-order valence-corrected chi connectivity index (χ3v) is 6.14. The van der Waals surface area contributed by atoms with Crippen molar-refractivity contribution in [2.75, 3.05) is 16.8 Å². The summed E-state index contributed by atoms with van der Waals surface area (Å²) in [7, 11) is 0. The monoisotopic (exact) mass is 496 g/mol. The molecule has 4 rings (SSSR count). The molecular weight excluding hydrogens is 476 g/mol. The van der Waals surface area contributed by atoms with Gasteiger partial charge in [-0.3, -0.25) is 19.3 Å². The number of amides is 3. The lowest BCUT2D eigenvalue weighted by Gasteiger charge is -2.15. The molecule has 0 spiro atoms. The number of esters is 1. The number of fused-ring (bicyclic) bond motifs is 1. The lowest BCUT2D eigenvalue weighted by molar-refractivity contribution is -0.122. The fourth-order valence-corrected chi connectivity index (χ4v) is 4.47. The van der Waals surface area contributed by atoms with Crippen molar-refractivity contribution in [2.45, 2.75) is 19.8 Å². The molecule has 1 aliphatic heterocycles. The number of rotatable bonds is 5. The van der Waals surface area contributed by atoms with E-state index >= 15 is 0 Å². The van der Waals surface area contributed by atoms with Gasteiger partial charge < -0.3 is 10.1 Å². The van der Waals surface area contributed by atoms with Gasteiger partial charge in [0.2, 0.25) is 11.8 Å². The van der Waals surface area contributed by atoms with Crippen LogP contribution in [-0.2, 0) is 19.1 Å². The number of hydrogen-bond donors (Lipinski definition) is 1.